The van der Waals surface area contributed by atoms with Crippen molar-refractivity contribution in [3.8, 4) is 12.3 Å². The minimum absolute atomic E-state index is 0.375. The van der Waals surface area contributed by atoms with Crippen molar-refractivity contribution in [2.24, 2.45) is 0 Å². The Morgan fingerprint density at radius 2 is 1.88 bits per heavy atom. The summed E-state index contributed by atoms with van der Waals surface area (Å²) in [5, 5.41) is 0. The molecular formula is C7H11Cl. The van der Waals surface area contributed by atoms with Crippen molar-refractivity contribution >= 4 is 11.6 Å². The Labute approximate surface area is 56.2 Å². The van der Waals surface area contributed by atoms with Crippen LogP contribution in [0.1, 0.15) is 26.7 Å². The molecule has 1 heteroatoms. The Morgan fingerprint density at radius 1 is 1.50 bits per heavy atom. The minimum Gasteiger partial charge on any atom is -0.118 e. The van der Waals surface area contributed by atoms with E-state index in [1.54, 1.807) is 0 Å². The fraction of sp³-hybridized carbons (Fsp3) is 0.714. The molecule has 0 radical (unpaired) electrons. The van der Waals surface area contributed by atoms with E-state index in [-0.39, 0.29) is 4.87 Å². The van der Waals surface area contributed by atoms with Gasteiger partial charge in [-0.2, -0.15) is 0 Å². The Morgan fingerprint density at radius 3 is 1.88 bits per heavy atom. The average molecular weight is 131 g/mol. The average Bonchev–Trinajstić information content (AvgIpc) is 1.87. The molecule has 8 heavy (non-hydrogen) atoms. The molecule has 0 aromatic heterocycles. The van der Waals surface area contributed by atoms with Crippen LogP contribution in [-0.2, 0) is 0 Å². The third-order valence-electron chi connectivity index (χ3n) is 1.38. The number of hydrogen-bond donors (Lipinski definition) is 0. The molecule has 0 aromatic rings. The van der Waals surface area contributed by atoms with Crippen molar-refractivity contribution in [1.82, 2.24) is 0 Å². The van der Waals surface area contributed by atoms with E-state index in [0.717, 1.165) is 12.8 Å². The van der Waals surface area contributed by atoms with E-state index in [2.05, 4.69) is 5.92 Å². The van der Waals surface area contributed by atoms with Gasteiger partial charge in [-0.1, -0.05) is 19.8 Å². The summed E-state index contributed by atoms with van der Waals surface area (Å²) >= 11 is 5.86. The molecule has 0 saturated heterocycles. The first kappa shape index (κ1) is 7.85. The van der Waals surface area contributed by atoms with Gasteiger partial charge in [0.2, 0.25) is 0 Å². The zero-order valence-corrected chi connectivity index (χ0v) is 6.13. The van der Waals surface area contributed by atoms with Crippen molar-refractivity contribution < 1.29 is 0 Å². The lowest BCUT2D eigenvalue weighted by molar-refractivity contribution is 0.669. The van der Waals surface area contributed by atoms with Crippen LogP contribution in [0.4, 0.5) is 0 Å². The van der Waals surface area contributed by atoms with Crippen LogP contribution in [-0.4, -0.2) is 4.87 Å². The highest BCUT2D eigenvalue weighted by Crippen LogP contribution is 2.21. The number of alkyl halides is 1. The summed E-state index contributed by atoms with van der Waals surface area (Å²) in [5.74, 6) is 2.54. The van der Waals surface area contributed by atoms with E-state index in [1.807, 2.05) is 13.8 Å². The zero-order valence-electron chi connectivity index (χ0n) is 5.37. The second kappa shape index (κ2) is 2.99. The lowest BCUT2D eigenvalue weighted by Crippen LogP contribution is -2.14. The molecule has 0 rings (SSSR count). The van der Waals surface area contributed by atoms with Crippen molar-refractivity contribution in [3.63, 3.8) is 0 Å². The molecule has 0 saturated carbocycles. The van der Waals surface area contributed by atoms with Crippen molar-refractivity contribution in [3.05, 3.63) is 0 Å². The maximum Gasteiger partial charge on any atom is 0.104 e. The van der Waals surface area contributed by atoms with Gasteiger partial charge in [-0.05, 0) is 12.8 Å². The van der Waals surface area contributed by atoms with Gasteiger partial charge in [-0.25, -0.2) is 0 Å². The maximum absolute atomic E-state index is 5.86. The number of hydrogen-bond acceptors (Lipinski definition) is 0. The molecule has 0 heterocycles. The van der Waals surface area contributed by atoms with Gasteiger partial charge >= 0.3 is 0 Å². The minimum atomic E-state index is -0.375. The van der Waals surface area contributed by atoms with E-state index in [4.69, 9.17) is 18.0 Å². The normalized spacial score (nSPS) is 10.8. The molecule has 0 amide bonds. The number of halogens is 1. The van der Waals surface area contributed by atoms with Crippen LogP contribution >= 0.6 is 11.6 Å². The topological polar surface area (TPSA) is 0 Å². The Kier molecular flexibility index (Phi) is 2.94. The maximum atomic E-state index is 5.86. The van der Waals surface area contributed by atoms with Gasteiger partial charge in [0.15, 0.2) is 0 Å². The lowest BCUT2D eigenvalue weighted by atomic mass is 10.0. The lowest BCUT2D eigenvalue weighted by Gasteiger charge is -2.14. The Hall–Kier alpha value is -0.150. The Bertz CT molecular complexity index is 95.4. The highest BCUT2D eigenvalue weighted by molar-refractivity contribution is 6.25. The van der Waals surface area contributed by atoms with Gasteiger partial charge in [0.25, 0.3) is 0 Å². The Balaban J connectivity index is 3.83. The summed E-state index contributed by atoms with van der Waals surface area (Å²) < 4.78 is 0. The molecule has 0 nitrogen and oxygen atoms in total. The molecule has 0 atom stereocenters. The van der Waals surface area contributed by atoms with Crippen LogP contribution in [0.25, 0.3) is 0 Å². The molecule has 0 aliphatic heterocycles. The fourth-order valence-corrected chi connectivity index (χ4v) is 0.454. The SMILES string of the molecule is C#CC(Cl)(CC)CC. The van der Waals surface area contributed by atoms with Gasteiger partial charge in [0.1, 0.15) is 4.87 Å². The van der Waals surface area contributed by atoms with Gasteiger partial charge < -0.3 is 0 Å². The molecule has 0 bridgehead atoms. The quantitative estimate of drug-likeness (QED) is 0.398. The van der Waals surface area contributed by atoms with E-state index in [1.165, 1.54) is 0 Å². The van der Waals surface area contributed by atoms with Gasteiger partial charge in [0.05, 0.1) is 0 Å². The van der Waals surface area contributed by atoms with Crippen LogP contribution in [0.15, 0.2) is 0 Å². The van der Waals surface area contributed by atoms with Crippen LogP contribution in [0.5, 0.6) is 0 Å². The predicted molar refractivity (Wildman–Crippen MR) is 38.0 cm³/mol. The third kappa shape index (κ3) is 1.76. The van der Waals surface area contributed by atoms with Gasteiger partial charge in [-0.3, -0.25) is 0 Å². The molecule has 0 aromatic carbocycles. The van der Waals surface area contributed by atoms with Crippen LogP contribution in [0, 0.1) is 12.3 Å². The standard InChI is InChI=1S/C7H11Cl/c1-4-7(8,5-2)6-3/h1H,5-6H2,2-3H3. The second-order valence-corrected chi connectivity index (χ2v) is 2.54. The summed E-state index contributed by atoms with van der Waals surface area (Å²) in [4.78, 5) is -0.375. The molecule has 0 spiro atoms. The molecular weight excluding hydrogens is 120 g/mol. The highest BCUT2D eigenvalue weighted by atomic mass is 35.5. The van der Waals surface area contributed by atoms with Crippen molar-refractivity contribution in [1.29, 1.82) is 0 Å². The number of terminal acetylenes is 1. The van der Waals surface area contributed by atoms with E-state index >= 15 is 0 Å². The highest BCUT2D eigenvalue weighted by Gasteiger charge is 2.17. The second-order valence-electron chi connectivity index (χ2n) is 1.82. The summed E-state index contributed by atoms with van der Waals surface area (Å²) in [6, 6.07) is 0. The van der Waals surface area contributed by atoms with Gasteiger partial charge in [-0.15, -0.1) is 18.0 Å². The van der Waals surface area contributed by atoms with Gasteiger partial charge in [0, 0.05) is 0 Å². The summed E-state index contributed by atoms with van der Waals surface area (Å²) in [5.41, 5.74) is 0. The van der Waals surface area contributed by atoms with Crippen LogP contribution < -0.4 is 0 Å². The first-order valence-electron chi connectivity index (χ1n) is 2.85. The molecule has 0 unspecified atom stereocenters. The summed E-state index contributed by atoms with van der Waals surface area (Å²) in [6.07, 6.45) is 6.84. The fourth-order valence-electron chi connectivity index (χ4n) is 0.454. The van der Waals surface area contributed by atoms with E-state index < -0.39 is 0 Å². The molecule has 46 valence electrons. The smallest absolute Gasteiger partial charge is 0.104 e. The molecule has 0 fully saturated rings. The van der Waals surface area contributed by atoms with Crippen molar-refractivity contribution in [2.75, 3.05) is 0 Å². The molecule has 0 aliphatic rings. The first-order chi connectivity index (χ1) is 3.68. The van der Waals surface area contributed by atoms with E-state index in [9.17, 15) is 0 Å². The number of rotatable bonds is 2. The third-order valence-corrected chi connectivity index (χ3v) is 2.02. The van der Waals surface area contributed by atoms with Crippen molar-refractivity contribution in [2.45, 2.75) is 31.6 Å². The first-order valence-corrected chi connectivity index (χ1v) is 3.23. The zero-order chi connectivity index (χ0) is 6.62. The largest absolute Gasteiger partial charge is 0.118 e. The molecule has 0 aliphatic carbocycles. The summed E-state index contributed by atoms with van der Waals surface area (Å²) in [6.45, 7) is 3.99. The predicted octanol–water partition coefficient (Wildman–Crippen LogP) is 2.42. The van der Waals surface area contributed by atoms with Crippen LogP contribution in [0.3, 0.4) is 0 Å². The summed E-state index contributed by atoms with van der Waals surface area (Å²) in [7, 11) is 0. The monoisotopic (exact) mass is 130 g/mol. The van der Waals surface area contributed by atoms with E-state index in [0.29, 0.717) is 0 Å². The molecule has 0 N–H and O–H groups in total. The van der Waals surface area contributed by atoms with Crippen LogP contribution in [0.2, 0.25) is 0 Å².